The van der Waals surface area contributed by atoms with Crippen LogP contribution in [0.5, 0.6) is 0 Å². The number of aliphatic hydroxyl groups is 1. The first-order chi connectivity index (χ1) is 19.4. The highest BCUT2D eigenvalue weighted by atomic mass is 32.2. The van der Waals surface area contributed by atoms with Crippen LogP contribution in [-0.4, -0.2) is 59.3 Å². The molecule has 0 aliphatic carbocycles. The zero-order chi connectivity index (χ0) is 29.4. The summed E-state index contributed by atoms with van der Waals surface area (Å²) in [6, 6.07) is 14.4. The summed E-state index contributed by atoms with van der Waals surface area (Å²) in [5, 5.41) is 13.8. The Morgan fingerprint density at radius 1 is 1.07 bits per heavy atom. The summed E-state index contributed by atoms with van der Waals surface area (Å²) in [6.07, 6.45) is 4.41. The first-order valence-corrected chi connectivity index (χ1v) is 15.3. The van der Waals surface area contributed by atoms with Crippen molar-refractivity contribution in [3.05, 3.63) is 77.9 Å². The molecule has 1 aliphatic rings. The highest BCUT2D eigenvalue weighted by Crippen LogP contribution is 2.30. The predicted octanol–water partition coefficient (Wildman–Crippen LogP) is 4.15. The van der Waals surface area contributed by atoms with Crippen LogP contribution in [0.4, 0.5) is 10.2 Å². The van der Waals surface area contributed by atoms with Crippen molar-refractivity contribution in [3.63, 3.8) is 0 Å². The Morgan fingerprint density at radius 2 is 1.80 bits per heavy atom. The molecule has 0 saturated carbocycles. The fourth-order valence-corrected chi connectivity index (χ4v) is 5.70. The van der Waals surface area contributed by atoms with Crippen LogP contribution in [0.1, 0.15) is 42.7 Å². The fourth-order valence-electron chi connectivity index (χ4n) is 5.04. The molecule has 1 saturated heterocycles. The van der Waals surface area contributed by atoms with Gasteiger partial charge in [-0.3, -0.25) is 9.78 Å². The molecule has 4 aromatic rings. The van der Waals surface area contributed by atoms with Crippen molar-refractivity contribution in [2.24, 2.45) is 5.92 Å². The van der Waals surface area contributed by atoms with E-state index in [-0.39, 0.29) is 22.9 Å². The number of aromatic nitrogens is 3. The van der Waals surface area contributed by atoms with Crippen LogP contribution in [-0.2, 0) is 16.4 Å². The molecule has 0 bridgehead atoms. The minimum atomic E-state index is -3.67. The molecule has 9 nitrogen and oxygen atoms in total. The number of benzene rings is 1. The topological polar surface area (TPSA) is 125 Å². The summed E-state index contributed by atoms with van der Waals surface area (Å²) in [5.74, 6) is -0.302. The molecule has 3 aromatic heterocycles. The largest absolute Gasteiger partial charge is 0.390 e. The third-order valence-electron chi connectivity index (χ3n) is 7.44. The van der Waals surface area contributed by atoms with E-state index in [0.717, 1.165) is 67.3 Å². The number of amides is 1. The van der Waals surface area contributed by atoms with Crippen LogP contribution in [0.3, 0.4) is 0 Å². The zero-order valence-corrected chi connectivity index (χ0v) is 23.9. The maximum absolute atomic E-state index is 13.9. The van der Waals surface area contributed by atoms with Gasteiger partial charge in [-0.2, -0.15) is 0 Å². The van der Waals surface area contributed by atoms with Crippen LogP contribution in [0.25, 0.3) is 22.3 Å². The third kappa shape index (κ3) is 6.68. The Morgan fingerprint density at radius 3 is 2.51 bits per heavy atom. The zero-order valence-electron chi connectivity index (χ0n) is 23.1. The Hall–Kier alpha value is -3.96. The monoisotopic (exact) mass is 577 g/mol. The molecular formula is C30H32FN5O4S. The summed E-state index contributed by atoms with van der Waals surface area (Å²) in [5.41, 5.74) is 1.85. The maximum Gasteiger partial charge on any atom is 0.251 e. The molecule has 5 rings (SSSR count). The number of anilines is 1. The molecule has 0 radical (unpaired) electrons. The minimum absolute atomic E-state index is 0.0414. The summed E-state index contributed by atoms with van der Waals surface area (Å²) in [7, 11) is -3.67. The van der Waals surface area contributed by atoms with Crippen LogP contribution in [0.15, 0.2) is 65.7 Å². The fraction of sp³-hybridized carbons (Fsp3) is 0.333. The number of carbonyl (C=O) groups excluding carboxylic acids is 1. The first kappa shape index (κ1) is 28.6. The van der Waals surface area contributed by atoms with Gasteiger partial charge in [-0.05, 0) is 81.1 Å². The lowest BCUT2D eigenvalue weighted by Gasteiger charge is -2.38. The van der Waals surface area contributed by atoms with Crippen molar-refractivity contribution >= 4 is 32.5 Å². The third-order valence-corrected chi connectivity index (χ3v) is 8.53. The number of piperidine rings is 1. The quantitative estimate of drug-likeness (QED) is 0.336. The van der Waals surface area contributed by atoms with Gasteiger partial charge in [-0.1, -0.05) is 6.07 Å². The number of fused-ring (bicyclic) bond motifs is 1. The molecule has 11 heteroatoms. The van der Waals surface area contributed by atoms with Crippen molar-refractivity contribution in [2.75, 3.05) is 24.2 Å². The minimum Gasteiger partial charge on any atom is -0.390 e. The highest BCUT2D eigenvalue weighted by molar-refractivity contribution is 7.90. The second-order valence-corrected chi connectivity index (χ2v) is 13.0. The second-order valence-electron chi connectivity index (χ2n) is 11.0. The van der Waals surface area contributed by atoms with Crippen molar-refractivity contribution in [2.45, 2.75) is 43.7 Å². The van der Waals surface area contributed by atoms with Gasteiger partial charge in [-0.25, -0.2) is 22.8 Å². The summed E-state index contributed by atoms with van der Waals surface area (Å²) in [6.45, 7) is 5.42. The van der Waals surface area contributed by atoms with E-state index < -0.39 is 27.2 Å². The molecule has 0 unspecified atom stereocenters. The van der Waals surface area contributed by atoms with Gasteiger partial charge in [0.25, 0.3) is 5.91 Å². The highest BCUT2D eigenvalue weighted by Gasteiger charge is 2.31. The number of pyridine rings is 3. The molecule has 1 amide bonds. The molecule has 0 atom stereocenters. The van der Waals surface area contributed by atoms with Crippen LogP contribution in [0.2, 0.25) is 0 Å². The van der Waals surface area contributed by atoms with E-state index in [4.69, 9.17) is 9.97 Å². The van der Waals surface area contributed by atoms with Gasteiger partial charge in [0.05, 0.1) is 39.6 Å². The molecule has 1 fully saturated rings. The number of nitrogens with zero attached hydrogens (tertiary/aromatic N) is 4. The van der Waals surface area contributed by atoms with E-state index in [1.54, 1.807) is 12.3 Å². The van der Waals surface area contributed by atoms with Crippen molar-refractivity contribution < 1.29 is 22.7 Å². The van der Waals surface area contributed by atoms with Crippen molar-refractivity contribution in [1.29, 1.82) is 0 Å². The Kier molecular flexibility index (Phi) is 7.76. The average molecular weight is 578 g/mol. The van der Waals surface area contributed by atoms with Crippen LogP contribution < -0.4 is 10.2 Å². The van der Waals surface area contributed by atoms with E-state index >= 15 is 0 Å². The molecular weight excluding hydrogens is 545 g/mol. The van der Waals surface area contributed by atoms with Gasteiger partial charge in [0, 0.05) is 36.5 Å². The van der Waals surface area contributed by atoms with E-state index in [2.05, 4.69) is 15.2 Å². The molecule has 1 aliphatic heterocycles. The number of hydrogen-bond donors (Lipinski definition) is 2. The van der Waals surface area contributed by atoms with Gasteiger partial charge < -0.3 is 15.3 Å². The number of rotatable bonds is 7. The lowest BCUT2D eigenvalue weighted by atomic mass is 9.83. The van der Waals surface area contributed by atoms with E-state index in [1.165, 1.54) is 0 Å². The first-order valence-electron chi connectivity index (χ1n) is 13.4. The lowest BCUT2D eigenvalue weighted by molar-refractivity contribution is 0.00645. The van der Waals surface area contributed by atoms with Crippen LogP contribution in [0, 0.1) is 11.7 Å². The van der Waals surface area contributed by atoms with Gasteiger partial charge in [-0.15, -0.1) is 0 Å². The second kappa shape index (κ2) is 11.1. The lowest BCUT2D eigenvalue weighted by Crippen LogP contribution is -2.42. The Balaban J connectivity index is 1.31. The molecule has 0 spiro atoms. The molecule has 2 N–H and O–H groups in total. The predicted molar refractivity (Wildman–Crippen MR) is 155 cm³/mol. The molecule has 214 valence electrons. The smallest absolute Gasteiger partial charge is 0.251 e. The molecule has 4 heterocycles. The summed E-state index contributed by atoms with van der Waals surface area (Å²) < 4.78 is 37.6. The van der Waals surface area contributed by atoms with Gasteiger partial charge >= 0.3 is 0 Å². The molecule has 41 heavy (non-hydrogen) atoms. The number of halogens is 1. The maximum atomic E-state index is 13.9. The van der Waals surface area contributed by atoms with Crippen molar-refractivity contribution in [1.82, 2.24) is 20.3 Å². The number of nitrogens with one attached hydrogen (secondary N) is 1. The Labute approximate surface area is 238 Å². The normalized spacial score (nSPS) is 14.8. The van der Waals surface area contributed by atoms with E-state index in [9.17, 15) is 22.7 Å². The van der Waals surface area contributed by atoms with Gasteiger partial charge in [0.2, 0.25) is 0 Å². The number of sulfone groups is 1. The van der Waals surface area contributed by atoms with E-state index in [0.29, 0.717) is 16.9 Å². The summed E-state index contributed by atoms with van der Waals surface area (Å²) >= 11 is 0. The standard InChI is InChI=1S/C30H32FN5O4S/c1-30(2,38)21-9-11-36(12-10-21)28-6-4-5-25(35-28)26-8-7-19-17-32-23(16-27(19)34-26)18-33-29(37)20-13-22(31)15-24(14-20)41(3,39)40/h4-8,13-17,21,38H,9-12,18H2,1-3H3,(H,33,37). The Bertz CT molecular complexity index is 1710. The number of hydrogen-bond acceptors (Lipinski definition) is 8. The molecule has 1 aromatic carbocycles. The SMILES string of the molecule is CC(C)(O)C1CCN(c2cccc(-c3ccc4cnc(CNC(=O)c5cc(F)cc(S(C)(=O)=O)c5)cc4n3)n2)CC1. The van der Waals surface area contributed by atoms with Crippen LogP contribution >= 0.6 is 0 Å². The van der Waals surface area contributed by atoms with E-state index in [1.807, 2.05) is 44.2 Å². The van der Waals surface area contributed by atoms with Gasteiger partial charge in [0.1, 0.15) is 11.6 Å². The summed E-state index contributed by atoms with van der Waals surface area (Å²) in [4.78, 5) is 28.6. The van der Waals surface area contributed by atoms with Crippen molar-refractivity contribution in [3.8, 4) is 11.4 Å². The average Bonchev–Trinajstić information content (AvgIpc) is 2.94. The van der Waals surface area contributed by atoms with Gasteiger partial charge in [0.15, 0.2) is 9.84 Å². The number of carbonyl (C=O) groups is 1.